The Balaban J connectivity index is 1.98. The number of benzene rings is 1. The summed E-state index contributed by atoms with van der Waals surface area (Å²) in [6, 6.07) is 2.64. The van der Waals surface area contributed by atoms with E-state index < -0.39 is 21.7 Å². The topological polar surface area (TPSA) is 49.4 Å². The fourth-order valence-corrected chi connectivity index (χ4v) is 3.85. The first-order valence-corrected chi connectivity index (χ1v) is 8.96. The van der Waals surface area contributed by atoms with E-state index in [1.807, 2.05) is 6.92 Å². The van der Waals surface area contributed by atoms with Crippen LogP contribution in [-0.4, -0.2) is 39.0 Å². The molecule has 124 valence electrons. The first kappa shape index (κ1) is 17.3. The van der Waals surface area contributed by atoms with E-state index in [-0.39, 0.29) is 17.5 Å². The third-order valence-electron chi connectivity index (χ3n) is 4.08. The van der Waals surface area contributed by atoms with Crippen molar-refractivity contribution < 1.29 is 17.2 Å². The van der Waals surface area contributed by atoms with Crippen LogP contribution < -0.4 is 4.72 Å². The zero-order valence-electron chi connectivity index (χ0n) is 12.9. The Morgan fingerprint density at radius 1 is 1.36 bits per heavy atom. The van der Waals surface area contributed by atoms with Crippen LogP contribution in [0.15, 0.2) is 23.1 Å². The summed E-state index contributed by atoms with van der Waals surface area (Å²) in [5.41, 5.74) is 0. The third kappa shape index (κ3) is 4.24. The number of nitrogens with one attached hydrogen (secondary N) is 1. The lowest BCUT2D eigenvalue weighted by Gasteiger charge is -2.35. The van der Waals surface area contributed by atoms with Gasteiger partial charge in [0, 0.05) is 19.1 Å². The molecule has 0 amide bonds. The molecule has 0 saturated carbocycles. The lowest BCUT2D eigenvalue weighted by Crippen LogP contribution is -2.46. The minimum absolute atomic E-state index is 0.0582. The molecule has 1 aliphatic heterocycles. The summed E-state index contributed by atoms with van der Waals surface area (Å²) in [6.45, 7) is 6.30. The molecule has 1 aliphatic rings. The highest BCUT2D eigenvalue weighted by atomic mass is 32.2. The van der Waals surface area contributed by atoms with Crippen molar-refractivity contribution in [3.05, 3.63) is 29.8 Å². The van der Waals surface area contributed by atoms with Crippen LogP contribution in [0.1, 0.15) is 26.7 Å². The Morgan fingerprint density at radius 3 is 2.73 bits per heavy atom. The number of hydrogen-bond acceptors (Lipinski definition) is 3. The molecule has 1 heterocycles. The van der Waals surface area contributed by atoms with Crippen molar-refractivity contribution in [3.63, 3.8) is 0 Å². The van der Waals surface area contributed by atoms with Gasteiger partial charge in [-0.25, -0.2) is 21.9 Å². The van der Waals surface area contributed by atoms with Gasteiger partial charge in [-0.1, -0.05) is 6.92 Å². The molecule has 7 heteroatoms. The van der Waals surface area contributed by atoms with Crippen LogP contribution in [0.4, 0.5) is 8.78 Å². The van der Waals surface area contributed by atoms with Crippen molar-refractivity contribution in [2.75, 3.05) is 19.6 Å². The zero-order chi connectivity index (χ0) is 16.3. The van der Waals surface area contributed by atoms with E-state index in [0.29, 0.717) is 12.0 Å². The highest BCUT2D eigenvalue weighted by molar-refractivity contribution is 7.89. The molecule has 0 aliphatic carbocycles. The Morgan fingerprint density at radius 2 is 2.09 bits per heavy atom. The highest BCUT2D eigenvalue weighted by Gasteiger charge is 2.23. The first-order valence-electron chi connectivity index (χ1n) is 7.48. The van der Waals surface area contributed by atoms with Gasteiger partial charge in [0.05, 0.1) is 4.90 Å². The van der Waals surface area contributed by atoms with Crippen molar-refractivity contribution in [3.8, 4) is 0 Å². The average Bonchev–Trinajstić information content (AvgIpc) is 2.47. The maximum atomic E-state index is 13.2. The third-order valence-corrected chi connectivity index (χ3v) is 5.50. The molecule has 0 unspecified atom stereocenters. The van der Waals surface area contributed by atoms with Crippen LogP contribution >= 0.6 is 0 Å². The van der Waals surface area contributed by atoms with E-state index in [4.69, 9.17) is 0 Å². The summed E-state index contributed by atoms with van der Waals surface area (Å²) in [5.74, 6) is -1.62. The fourth-order valence-electron chi connectivity index (χ4n) is 2.71. The van der Waals surface area contributed by atoms with E-state index in [2.05, 4.69) is 16.5 Å². The molecule has 4 nitrogen and oxygen atoms in total. The second-order valence-corrected chi connectivity index (χ2v) is 7.79. The van der Waals surface area contributed by atoms with E-state index >= 15 is 0 Å². The Labute approximate surface area is 130 Å². The Kier molecular flexibility index (Phi) is 5.52. The van der Waals surface area contributed by atoms with E-state index in [9.17, 15) is 17.2 Å². The van der Waals surface area contributed by atoms with Gasteiger partial charge in [0.15, 0.2) is 11.6 Å². The summed E-state index contributed by atoms with van der Waals surface area (Å²) in [7, 11) is -3.83. The maximum absolute atomic E-state index is 13.2. The van der Waals surface area contributed by atoms with Crippen LogP contribution in [0.5, 0.6) is 0 Å². The Bertz CT molecular complexity index is 622. The quantitative estimate of drug-likeness (QED) is 0.900. The molecule has 1 fully saturated rings. The molecule has 1 aromatic rings. The largest absolute Gasteiger partial charge is 0.299 e. The molecule has 1 saturated heterocycles. The predicted octanol–water partition coefficient (Wildman–Crippen LogP) is 2.36. The number of likely N-dealkylation sites (tertiary alicyclic amines) is 1. The predicted molar refractivity (Wildman–Crippen MR) is 81.0 cm³/mol. The van der Waals surface area contributed by atoms with Gasteiger partial charge in [-0.3, -0.25) is 4.90 Å². The summed E-state index contributed by atoms with van der Waals surface area (Å²) in [6.07, 6.45) is 2.31. The smallest absolute Gasteiger partial charge is 0.240 e. The number of piperidine rings is 1. The van der Waals surface area contributed by atoms with Gasteiger partial charge in [-0.2, -0.15) is 0 Å². The second kappa shape index (κ2) is 7.02. The highest BCUT2D eigenvalue weighted by Crippen LogP contribution is 2.18. The summed E-state index contributed by atoms with van der Waals surface area (Å²) < 4.78 is 52.8. The number of nitrogens with zero attached hydrogens (tertiary/aromatic N) is 1. The van der Waals surface area contributed by atoms with Crippen LogP contribution in [-0.2, 0) is 10.0 Å². The molecule has 0 radical (unpaired) electrons. The van der Waals surface area contributed by atoms with Crippen LogP contribution in [0.3, 0.4) is 0 Å². The van der Waals surface area contributed by atoms with Crippen molar-refractivity contribution in [1.29, 1.82) is 0 Å². The molecule has 2 atom stereocenters. The standard InChI is InChI=1S/C15H22F2N2O2S/c1-11-4-3-7-19(10-11)12(2)9-18-22(20,21)13-5-6-14(16)15(17)8-13/h5-6,8,11-12,18H,3-4,7,9-10H2,1-2H3/t11-,12+/m0/s1. The van der Waals surface area contributed by atoms with Gasteiger partial charge in [-0.15, -0.1) is 0 Å². The van der Waals surface area contributed by atoms with Crippen molar-refractivity contribution >= 4 is 10.0 Å². The number of hydrogen-bond donors (Lipinski definition) is 1. The molecule has 1 N–H and O–H groups in total. The molecule has 0 aromatic heterocycles. The fraction of sp³-hybridized carbons (Fsp3) is 0.600. The number of halogens is 2. The van der Waals surface area contributed by atoms with Crippen LogP contribution in [0.2, 0.25) is 0 Å². The zero-order valence-corrected chi connectivity index (χ0v) is 13.7. The molecule has 1 aromatic carbocycles. The van der Waals surface area contributed by atoms with Crippen LogP contribution in [0.25, 0.3) is 0 Å². The number of rotatable bonds is 5. The second-order valence-electron chi connectivity index (χ2n) is 6.02. The normalized spacial score (nSPS) is 21.7. The number of sulfonamides is 1. The monoisotopic (exact) mass is 332 g/mol. The molecule has 0 bridgehead atoms. The van der Waals surface area contributed by atoms with Gasteiger partial charge in [0.25, 0.3) is 0 Å². The van der Waals surface area contributed by atoms with Crippen molar-refractivity contribution in [1.82, 2.24) is 9.62 Å². The van der Waals surface area contributed by atoms with Gasteiger partial charge < -0.3 is 0 Å². The molecule has 0 spiro atoms. The van der Waals surface area contributed by atoms with Gasteiger partial charge in [0.2, 0.25) is 10.0 Å². The van der Waals surface area contributed by atoms with Crippen molar-refractivity contribution in [2.45, 2.75) is 37.6 Å². The lowest BCUT2D eigenvalue weighted by atomic mass is 9.99. The minimum atomic E-state index is -3.83. The maximum Gasteiger partial charge on any atom is 0.240 e. The lowest BCUT2D eigenvalue weighted by molar-refractivity contribution is 0.140. The van der Waals surface area contributed by atoms with Gasteiger partial charge >= 0.3 is 0 Å². The SMILES string of the molecule is C[C@H]1CCCN([C@H](C)CNS(=O)(=O)c2ccc(F)c(F)c2)C1. The molecule has 22 heavy (non-hydrogen) atoms. The molecular formula is C15H22F2N2O2S. The minimum Gasteiger partial charge on any atom is -0.299 e. The van der Waals surface area contributed by atoms with Crippen molar-refractivity contribution in [2.24, 2.45) is 5.92 Å². The van der Waals surface area contributed by atoms with E-state index in [1.165, 1.54) is 6.42 Å². The average molecular weight is 332 g/mol. The van der Waals surface area contributed by atoms with Crippen LogP contribution in [0, 0.1) is 17.6 Å². The van der Waals surface area contributed by atoms with Gasteiger partial charge in [-0.05, 0) is 50.4 Å². The van der Waals surface area contributed by atoms with E-state index in [1.54, 1.807) is 0 Å². The first-order chi connectivity index (χ1) is 10.3. The summed E-state index contributed by atoms with van der Waals surface area (Å²) in [4.78, 5) is 1.99. The molecule has 2 rings (SSSR count). The van der Waals surface area contributed by atoms with Gasteiger partial charge in [0.1, 0.15) is 0 Å². The Hall–Kier alpha value is -1.05. The summed E-state index contributed by atoms with van der Waals surface area (Å²) >= 11 is 0. The molecular weight excluding hydrogens is 310 g/mol. The summed E-state index contributed by atoms with van der Waals surface area (Å²) in [5, 5.41) is 0. The van der Waals surface area contributed by atoms with E-state index in [0.717, 1.165) is 31.6 Å².